The van der Waals surface area contributed by atoms with E-state index in [1.807, 2.05) is 0 Å². The molecule has 3 heterocycles. The van der Waals surface area contributed by atoms with Crippen molar-refractivity contribution in [2.75, 3.05) is 23.7 Å². The molecule has 0 radical (unpaired) electrons. The number of hydrogen-bond acceptors (Lipinski definition) is 8. The van der Waals surface area contributed by atoms with Gasteiger partial charge >= 0.3 is 0 Å². The lowest BCUT2D eigenvalue weighted by atomic mass is 9.74. The molecule has 0 bridgehead atoms. The molecule has 29 heavy (non-hydrogen) atoms. The summed E-state index contributed by atoms with van der Waals surface area (Å²) in [4.78, 5) is 15.9. The Morgan fingerprint density at radius 2 is 2.10 bits per heavy atom. The summed E-state index contributed by atoms with van der Waals surface area (Å²) in [6.45, 7) is 1.22. The van der Waals surface area contributed by atoms with Gasteiger partial charge in [0.05, 0.1) is 17.8 Å². The molecule has 2 atom stereocenters. The van der Waals surface area contributed by atoms with Gasteiger partial charge in [0.25, 0.3) is 0 Å². The van der Waals surface area contributed by atoms with E-state index in [1.54, 1.807) is 18.5 Å². The Hall–Kier alpha value is -1.68. The summed E-state index contributed by atoms with van der Waals surface area (Å²) in [5.41, 5.74) is 12.4. The van der Waals surface area contributed by atoms with Gasteiger partial charge in [0.15, 0.2) is 5.82 Å². The highest BCUT2D eigenvalue weighted by Crippen LogP contribution is 2.47. The predicted molar refractivity (Wildman–Crippen MR) is 112 cm³/mol. The molecule has 1 unspecified atom stereocenters. The van der Waals surface area contributed by atoms with Gasteiger partial charge in [-0.3, -0.25) is 0 Å². The summed E-state index contributed by atoms with van der Waals surface area (Å²) in [5, 5.41) is 10.8. The molecule has 1 saturated heterocycles. The van der Waals surface area contributed by atoms with Crippen molar-refractivity contribution < 1.29 is 9.50 Å². The number of aliphatic hydroxyl groups excluding tert-OH is 1. The third kappa shape index (κ3) is 4.01. The molecular formula is C19H24ClFN6OS. The van der Waals surface area contributed by atoms with E-state index in [4.69, 9.17) is 23.1 Å². The monoisotopic (exact) mass is 438 g/mol. The molecule has 2 aromatic rings. The predicted octanol–water partition coefficient (Wildman–Crippen LogP) is 2.80. The summed E-state index contributed by atoms with van der Waals surface area (Å²) < 4.78 is 13.8. The fraction of sp³-hybridized carbons (Fsp3) is 0.526. The van der Waals surface area contributed by atoms with E-state index in [1.165, 1.54) is 11.8 Å². The van der Waals surface area contributed by atoms with Crippen LogP contribution < -0.4 is 16.4 Å². The standard InChI is InChI=1S/C19H24ClFN6OS/c20-16-13(1-4-24-17(16)23)29-15-9-25-18(12(10-28)26-15)27-5-2-19(3-6-27)8-11(21)7-14(19)22/h1,4,9,11,14,28H,2-3,5-8,10,22H2,(H2,23,24)/t11?,14-/m1/s1. The largest absolute Gasteiger partial charge is 0.390 e. The van der Waals surface area contributed by atoms with Gasteiger partial charge in [-0.1, -0.05) is 23.4 Å². The van der Waals surface area contributed by atoms with E-state index in [9.17, 15) is 9.50 Å². The lowest BCUT2D eigenvalue weighted by Gasteiger charge is -2.42. The van der Waals surface area contributed by atoms with Crippen LogP contribution in [0, 0.1) is 5.41 Å². The summed E-state index contributed by atoms with van der Waals surface area (Å²) in [7, 11) is 0. The lowest BCUT2D eigenvalue weighted by Crippen LogP contribution is -2.47. The highest BCUT2D eigenvalue weighted by atomic mass is 35.5. The van der Waals surface area contributed by atoms with Crippen molar-refractivity contribution in [1.82, 2.24) is 15.0 Å². The maximum atomic E-state index is 13.8. The Balaban J connectivity index is 1.50. The molecular weight excluding hydrogens is 415 g/mol. The number of piperidine rings is 1. The van der Waals surface area contributed by atoms with E-state index < -0.39 is 6.17 Å². The topological polar surface area (TPSA) is 114 Å². The van der Waals surface area contributed by atoms with Crippen LogP contribution in [0.1, 0.15) is 31.4 Å². The summed E-state index contributed by atoms with van der Waals surface area (Å²) >= 11 is 7.52. The first kappa shape index (κ1) is 20.6. The number of nitrogen functional groups attached to an aromatic ring is 1. The number of nitrogens with zero attached hydrogens (tertiary/aromatic N) is 4. The van der Waals surface area contributed by atoms with Crippen molar-refractivity contribution in [2.45, 2.75) is 54.4 Å². The Morgan fingerprint density at radius 3 is 2.76 bits per heavy atom. The number of alkyl halides is 1. The number of anilines is 2. The third-order valence-electron chi connectivity index (χ3n) is 6.03. The zero-order valence-corrected chi connectivity index (χ0v) is 17.5. The van der Waals surface area contributed by atoms with Gasteiger partial charge < -0.3 is 21.5 Å². The van der Waals surface area contributed by atoms with E-state index in [-0.39, 0.29) is 23.9 Å². The van der Waals surface area contributed by atoms with E-state index in [0.29, 0.717) is 34.4 Å². The zero-order chi connectivity index (χ0) is 20.6. The van der Waals surface area contributed by atoms with Gasteiger partial charge in [0, 0.05) is 30.2 Å². The van der Waals surface area contributed by atoms with Gasteiger partial charge in [-0.2, -0.15) is 0 Å². The van der Waals surface area contributed by atoms with Crippen LogP contribution in [0.25, 0.3) is 0 Å². The Morgan fingerprint density at radius 1 is 1.34 bits per heavy atom. The molecule has 1 aliphatic carbocycles. The first-order valence-electron chi connectivity index (χ1n) is 9.61. The minimum Gasteiger partial charge on any atom is -0.390 e. The normalized spacial score (nSPS) is 23.7. The van der Waals surface area contributed by atoms with Crippen LogP contribution >= 0.6 is 23.4 Å². The van der Waals surface area contributed by atoms with Crippen LogP contribution in [0.3, 0.4) is 0 Å². The second-order valence-electron chi connectivity index (χ2n) is 7.74. The molecule has 156 valence electrons. The summed E-state index contributed by atoms with van der Waals surface area (Å²) in [6.07, 6.45) is 5.09. The molecule has 2 aromatic heterocycles. The fourth-order valence-electron chi connectivity index (χ4n) is 4.40. The minimum absolute atomic E-state index is 0.0839. The first-order chi connectivity index (χ1) is 13.9. The van der Waals surface area contributed by atoms with Crippen molar-refractivity contribution in [3.05, 3.63) is 29.2 Å². The first-order valence-corrected chi connectivity index (χ1v) is 10.8. The smallest absolute Gasteiger partial charge is 0.152 e. The third-order valence-corrected chi connectivity index (χ3v) is 7.50. The van der Waals surface area contributed by atoms with Crippen molar-refractivity contribution >= 4 is 35.0 Å². The average molecular weight is 439 g/mol. The molecule has 10 heteroatoms. The Kier molecular flexibility index (Phi) is 5.83. The van der Waals surface area contributed by atoms with Crippen molar-refractivity contribution in [3.63, 3.8) is 0 Å². The van der Waals surface area contributed by atoms with Crippen molar-refractivity contribution in [1.29, 1.82) is 0 Å². The molecule has 4 rings (SSSR count). The Bertz CT molecular complexity index is 895. The summed E-state index contributed by atoms with van der Waals surface area (Å²) in [5.74, 6) is 0.918. The molecule has 0 aromatic carbocycles. The molecule has 5 N–H and O–H groups in total. The van der Waals surface area contributed by atoms with Gasteiger partial charge in [-0.25, -0.2) is 19.3 Å². The van der Waals surface area contributed by atoms with Crippen LogP contribution in [0.15, 0.2) is 28.4 Å². The molecule has 2 fully saturated rings. The number of pyridine rings is 1. The van der Waals surface area contributed by atoms with Crippen molar-refractivity contribution in [2.24, 2.45) is 11.1 Å². The van der Waals surface area contributed by atoms with Crippen LogP contribution in [-0.4, -0.2) is 45.4 Å². The fourth-order valence-corrected chi connectivity index (χ4v) is 5.43. The maximum absolute atomic E-state index is 13.8. The number of rotatable bonds is 4. The van der Waals surface area contributed by atoms with Gasteiger partial charge in [0.2, 0.25) is 0 Å². The zero-order valence-electron chi connectivity index (χ0n) is 15.9. The molecule has 1 saturated carbocycles. The average Bonchev–Trinajstić information content (AvgIpc) is 2.99. The number of halogens is 2. The molecule has 1 aliphatic heterocycles. The molecule has 0 amide bonds. The SMILES string of the molecule is Nc1nccc(Sc2cnc(N3CCC4(CC3)CC(F)C[C@H]4N)c(CO)n2)c1Cl. The van der Waals surface area contributed by atoms with Gasteiger partial charge in [-0.05, 0) is 37.2 Å². The lowest BCUT2D eigenvalue weighted by molar-refractivity contribution is 0.183. The van der Waals surface area contributed by atoms with E-state index in [2.05, 4.69) is 19.9 Å². The van der Waals surface area contributed by atoms with Crippen molar-refractivity contribution in [3.8, 4) is 0 Å². The maximum Gasteiger partial charge on any atom is 0.152 e. The van der Waals surface area contributed by atoms with Gasteiger partial charge in [-0.15, -0.1) is 0 Å². The minimum atomic E-state index is -0.797. The van der Waals surface area contributed by atoms with Gasteiger partial charge in [0.1, 0.15) is 22.7 Å². The van der Waals surface area contributed by atoms with Crippen LogP contribution in [0.5, 0.6) is 0 Å². The highest BCUT2D eigenvalue weighted by Gasteiger charge is 2.47. The van der Waals surface area contributed by atoms with E-state index >= 15 is 0 Å². The molecule has 2 aliphatic rings. The molecule has 7 nitrogen and oxygen atoms in total. The van der Waals surface area contributed by atoms with E-state index in [0.717, 1.165) is 30.8 Å². The quantitative estimate of drug-likeness (QED) is 0.667. The van der Waals surface area contributed by atoms with Crippen LogP contribution in [0.4, 0.5) is 16.0 Å². The second kappa shape index (κ2) is 8.22. The highest BCUT2D eigenvalue weighted by molar-refractivity contribution is 7.99. The number of nitrogens with two attached hydrogens (primary N) is 2. The Labute approximate surface area is 178 Å². The number of aliphatic hydroxyl groups is 1. The summed E-state index contributed by atoms with van der Waals surface area (Å²) in [6, 6.07) is 1.67. The second-order valence-corrected chi connectivity index (χ2v) is 9.18. The number of hydrogen-bond donors (Lipinski definition) is 3. The van der Waals surface area contributed by atoms with Crippen LogP contribution in [-0.2, 0) is 6.61 Å². The van der Waals surface area contributed by atoms with Crippen LogP contribution in [0.2, 0.25) is 5.02 Å². The number of aromatic nitrogens is 3. The molecule has 1 spiro atoms.